The highest BCUT2D eigenvalue weighted by Gasteiger charge is 2.25. The molecule has 0 atom stereocenters. The van der Waals surface area contributed by atoms with Gasteiger partial charge in [-0.2, -0.15) is 5.10 Å². The minimum Gasteiger partial charge on any atom is -0.378 e. The van der Waals surface area contributed by atoms with Gasteiger partial charge in [0, 0.05) is 52.9 Å². The van der Waals surface area contributed by atoms with Crippen LogP contribution >= 0.6 is 0 Å². The summed E-state index contributed by atoms with van der Waals surface area (Å²) in [4.78, 5) is 37.4. The maximum Gasteiger partial charge on any atom is 0.324 e. The number of benzene rings is 3. The molecule has 1 saturated heterocycles. The van der Waals surface area contributed by atoms with E-state index in [4.69, 9.17) is 5.10 Å². The molecule has 1 aliphatic heterocycles. The molecular weight excluding hydrogens is 637 g/mol. The number of hydrogen-bond donors (Lipinski definition) is 3. The SMILES string of the molecule is Cc1ccc(-n2nc(C(C)(C)C)cc2NC(=O)Nc2cccc(CC3CCN(C(=O)c4ccc(NCc5nc(C)cc(C)n5)cc4)CC3)c2)cc1. The highest BCUT2D eigenvalue weighted by atomic mass is 16.2. The Morgan fingerprint density at radius 1 is 0.804 bits per heavy atom. The molecule has 5 aromatic rings. The van der Waals surface area contributed by atoms with E-state index in [1.165, 1.54) is 0 Å². The Balaban J connectivity index is 1.00. The smallest absolute Gasteiger partial charge is 0.324 e. The molecule has 6 rings (SSSR count). The van der Waals surface area contributed by atoms with Crippen molar-refractivity contribution >= 4 is 29.1 Å². The van der Waals surface area contributed by atoms with Crippen molar-refractivity contribution in [2.24, 2.45) is 5.92 Å². The molecule has 0 bridgehead atoms. The van der Waals surface area contributed by atoms with Gasteiger partial charge in [0.25, 0.3) is 5.91 Å². The lowest BCUT2D eigenvalue weighted by molar-refractivity contribution is 0.0690. The molecule has 1 aliphatic rings. The molecule has 3 N–H and O–H groups in total. The van der Waals surface area contributed by atoms with Crippen molar-refractivity contribution in [1.82, 2.24) is 24.6 Å². The Morgan fingerprint density at radius 2 is 1.49 bits per heavy atom. The summed E-state index contributed by atoms with van der Waals surface area (Å²) >= 11 is 0. The minimum absolute atomic E-state index is 0.0631. The summed E-state index contributed by atoms with van der Waals surface area (Å²) in [6, 6.07) is 27.3. The number of aromatic nitrogens is 4. The number of urea groups is 1. The highest BCUT2D eigenvalue weighted by Crippen LogP contribution is 2.28. The molecule has 51 heavy (non-hydrogen) atoms. The second-order valence-electron chi connectivity index (χ2n) is 14.6. The second-order valence-corrected chi connectivity index (χ2v) is 14.6. The van der Waals surface area contributed by atoms with Gasteiger partial charge >= 0.3 is 6.03 Å². The summed E-state index contributed by atoms with van der Waals surface area (Å²) in [7, 11) is 0. The first-order chi connectivity index (χ1) is 24.4. The summed E-state index contributed by atoms with van der Waals surface area (Å²) in [6.45, 7) is 14.3. The van der Waals surface area contributed by atoms with Gasteiger partial charge in [-0.3, -0.25) is 10.1 Å². The molecular formula is C41H48N8O2. The normalized spacial score (nSPS) is 13.6. The second kappa shape index (κ2) is 15.2. The van der Waals surface area contributed by atoms with Crippen molar-refractivity contribution in [1.29, 1.82) is 0 Å². The average molecular weight is 685 g/mol. The standard InChI is InChI=1S/C41H48N8O2/c1-27-10-16-35(17-11-27)49-38(25-36(47-49)41(4,5)6)46-40(51)45-34-9-7-8-31(24-34)23-30-18-20-48(21-19-30)39(50)32-12-14-33(15-13-32)42-26-37-43-28(2)22-29(3)44-37/h7-17,22,24-25,30,42H,18-21,23,26H2,1-6H3,(H2,45,46,51). The number of amides is 3. The van der Waals surface area contributed by atoms with Crippen molar-refractivity contribution in [2.75, 3.05) is 29.0 Å². The Kier molecular flexibility index (Phi) is 10.5. The van der Waals surface area contributed by atoms with Crippen LogP contribution in [0.15, 0.2) is 84.9 Å². The van der Waals surface area contributed by atoms with Crippen molar-refractivity contribution in [3.05, 3.63) is 125 Å². The minimum atomic E-state index is -0.327. The molecule has 10 heteroatoms. The summed E-state index contributed by atoms with van der Waals surface area (Å²) in [5.74, 6) is 1.87. The number of anilines is 3. The fraction of sp³-hybridized carbons (Fsp3) is 0.341. The Morgan fingerprint density at radius 3 is 2.16 bits per heavy atom. The van der Waals surface area contributed by atoms with Crippen LogP contribution in [0.5, 0.6) is 0 Å². The predicted molar refractivity (Wildman–Crippen MR) is 204 cm³/mol. The molecule has 10 nitrogen and oxygen atoms in total. The number of aryl methyl sites for hydroxylation is 3. The van der Waals surface area contributed by atoms with E-state index in [9.17, 15) is 9.59 Å². The molecule has 0 spiro atoms. The zero-order valence-corrected chi connectivity index (χ0v) is 30.5. The molecule has 3 heterocycles. The molecule has 1 fully saturated rings. The lowest BCUT2D eigenvalue weighted by Crippen LogP contribution is -2.38. The van der Waals surface area contributed by atoms with E-state index >= 15 is 0 Å². The first-order valence-corrected chi connectivity index (χ1v) is 17.7. The van der Waals surface area contributed by atoms with Crippen LogP contribution in [-0.2, 0) is 18.4 Å². The number of rotatable bonds is 9. The van der Waals surface area contributed by atoms with E-state index in [-0.39, 0.29) is 17.4 Å². The molecule has 0 radical (unpaired) electrons. The Hall–Kier alpha value is -5.51. The molecule has 0 unspecified atom stereocenters. The number of carbonyl (C=O) groups is 2. The number of piperidine rings is 1. The van der Waals surface area contributed by atoms with Crippen LogP contribution in [-0.4, -0.2) is 49.7 Å². The molecule has 3 amide bonds. The van der Waals surface area contributed by atoms with Gasteiger partial charge in [0.15, 0.2) is 0 Å². The largest absolute Gasteiger partial charge is 0.378 e. The average Bonchev–Trinajstić information content (AvgIpc) is 3.52. The van der Waals surface area contributed by atoms with Crippen LogP contribution in [0.3, 0.4) is 0 Å². The summed E-state index contributed by atoms with van der Waals surface area (Å²) in [6.07, 6.45) is 2.75. The highest BCUT2D eigenvalue weighted by molar-refractivity contribution is 5.99. The molecule has 2 aromatic heterocycles. The molecule has 264 valence electrons. The summed E-state index contributed by atoms with van der Waals surface area (Å²) in [5.41, 5.74) is 8.15. The predicted octanol–water partition coefficient (Wildman–Crippen LogP) is 8.24. The van der Waals surface area contributed by atoms with Gasteiger partial charge in [-0.25, -0.2) is 19.4 Å². The number of nitrogens with one attached hydrogen (secondary N) is 3. The Labute approximate surface area is 300 Å². The Bertz CT molecular complexity index is 1970. The first-order valence-electron chi connectivity index (χ1n) is 17.7. The zero-order valence-electron chi connectivity index (χ0n) is 30.5. The fourth-order valence-corrected chi connectivity index (χ4v) is 6.42. The van der Waals surface area contributed by atoms with Crippen LogP contribution in [0.2, 0.25) is 0 Å². The summed E-state index contributed by atoms with van der Waals surface area (Å²) in [5, 5.41) is 14.2. The van der Waals surface area contributed by atoms with Crippen molar-refractivity contribution < 1.29 is 9.59 Å². The number of carbonyl (C=O) groups excluding carboxylic acids is 2. The van der Waals surface area contributed by atoms with E-state index in [2.05, 4.69) is 52.8 Å². The van der Waals surface area contributed by atoms with E-state index in [0.29, 0.717) is 23.8 Å². The van der Waals surface area contributed by atoms with Crippen molar-refractivity contribution in [3.63, 3.8) is 0 Å². The van der Waals surface area contributed by atoms with E-state index in [1.807, 2.05) is 105 Å². The maximum absolute atomic E-state index is 13.3. The third-order valence-corrected chi connectivity index (χ3v) is 9.22. The lowest BCUT2D eigenvalue weighted by Gasteiger charge is -2.32. The topological polar surface area (TPSA) is 117 Å². The van der Waals surface area contributed by atoms with Crippen LogP contribution in [0.4, 0.5) is 22.0 Å². The number of nitrogens with zero attached hydrogens (tertiary/aromatic N) is 5. The van der Waals surface area contributed by atoms with Gasteiger partial charge in [0.05, 0.1) is 17.9 Å². The molecule has 0 aliphatic carbocycles. The van der Waals surface area contributed by atoms with Gasteiger partial charge in [0.1, 0.15) is 11.6 Å². The van der Waals surface area contributed by atoms with E-state index in [1.54, 1.807) is 4.68 Å². The van der Waals surface area contributed by atoms with Gasteiger partial charge in [-0.1, -0.05) is 50.6 Å². The first kappa shape index (κ1) is 35.3. The number of hydrogen-bond acceptors (Lipinski definition) is 6. The van der Waals surface area contributed by atoms with Gasteiger partial charge in [-0.15, -0.1) is 0 Å². The third kappa shape index (κ3) is 9.19. The van der Waals surface area contributed by atoms with Gasteiger partial charge in [-0.05, 0) is 106 Å². The fourth-order valence-electron chi connectivity index (χ4n) is 6.42. The quantitative estimate of drug-likeness (QED) is 0.144. The van der Waals surface area contributed by atoms with Gasteiger partial charge < -0.3 is 15.5 Å². The monoisotopic (exact) mass is 684 g/mol. The van der Waals surface area contributed by atoms with Crippen LogP contribution in [0, 0.1) is 26.7 Å². The van der Waals surface area contributed by atoms with E-state index < -0.39 is 0 Å². The van der Waals surface area contributed by atoms with Crippen molar-refractivity contribution in [2.45, 2.75) is 72.8 Å². The van der Waals surface area contributed by atoms with E-state index in [0.717, 1.165) is 83.4 Å². The zero-order chi connectivity index (χ0) is 36.1. The van der Waals surface area contributed by atoms with Crippen LogP contribution in [0.25, 0.3) is 5.69 Å². The third-order valence-electron chi connectivity index (χ3n) is 9.22. The van der Waals surface area contributed by atoms with Gasteiger partial charge in [0.2, 0.25) is 0 Å². The molecule has 0 saturated carbocycles. The maximum atomic E-state index is 13.3. The van der Waals surface area contributed by atoms with Crippen LogP contribution < -0.4 is 16.0 Å². The van der Waals surface area contributed by atoms with Crippen LogP contribution in [0.1, 0.15) is 78.0 Å². The summed E-state index contributed by atoms with van der Waals surface area (Å²) < 4.78 is 1.78. The number of likely N-dealkylation sites (tertiary alicyclic amines) is 1. The molecule has 3 aromatic carbocycles. The lowest BCUT2D eigenvalue weighted by atomic mass is 9.90. The van der Waals surface area contributed by atoms with Crippen molar-refractivity contribution in [3.8, 4) is 5.69 Å².